The first-order valence-corrected chi connectivity index (χ1v) is 13.1. The third-order valence-electron chi connectivity index (χ3n) is 5.11. The highest BCUT2D eigenvalue weighted by Gasteiger charge is 2.37. The van der Waals surface area contributed by atoms with Gasteiger partial charge in [-0.25, -0.2) is 16.8 Å². The maximum Gasteiger partial charge on any atom is 0.247 e. The molecule has 1 unspecified atom stereocenters. The van der Waals surface area contributed by atoms with E-state index in [0.29, 0.717) is 18.5 Å². The van der Waals surface area contributed by atoms with Crippen LogP contribution in [0.1, 0.15) is 12.0 Å². The monoisotopic (exact) mass is 483 g/mol. The van der Waals surface area contributed by atoms with Gasteiger partial charge in [0.15, 0.2) is 16.0 Å². The summed E-state index contributed by atoms with van der Waals surface area (Å²) in [6.45, 7) is 0.721. The first-order chi connectivity index (χ1) is 14.6. The van der Waals surface area contributed by atoms with Gasteiger partial charge in [0.2, 0.25) is 10.0 Å². The quantitative estimate of drug-likeness (QED) is 0.556. The number of methoxy groups -OCH3 is 1. The second-order valence-electron chi connectivity index (χ2n) is 7.25. The van der Waals surface area contributed by atoms with Crippen molar-refractivity contribution in [1.82, 2.24) is 9.21 Å². The van der Waals surface area contributed by atoms with Gasteiger partial charge < -0.3 is 9.64 Å². The number of ether oxygens (including phenoxy) is 1. The van der Waals surface area contributed by atoms with Gasteiger partial charge in [-0.1, -0.05) is 23.7 Å². The molecular weight excluding hydrogens is 462 g/mol. The Balaban J connectivity index is 2.03. The molecule has 0 N–H and O–H groups in total. The van der Waals surface area contributed by atoms with Crippen LogP contribution in [0.15, 0.2) is 52.3 Å². The van der Waals surface area contributed by atoms with Gasteiger partial charge in [0, 0.05) is 37.0 Å². The van der Waals surface area contributed by atoms with Gasteiger partial charge in [-0.05, 0) is 42.3 Å². The van der Waals surface area contributed by atoms with Crippen LogP contribution in [0.2, 0.25) is 5.02 Å². The number of benzene rings is 2. The molecule has 8 nitrogen and oxygen atoms in total. The van der Waals surface area contributed by atoms with Crippen molar-refractivity contribution in [1.29, 1.82) is 5.26 Å². The van der Waals surface area contributed by atoms with E-state index in [4.69, 9.17) is 16.3 Å². The lowest BCUT2D eigenvalue weighted by atomic mass is 10.2. The molecule has 0 spiro atoms. The van der Waals surface area contributed by atoms with Crippen LogP contribution < -0.4 is 4.74 Å². The molecule has 11 heteroatoms. The Labute approximate surface area is 187 Å². The SMILES string of the molecule is COc1ccc(Cl)cc1S(=O)(=O)N(Cc1ccc(S(C)(=O)=O)cc1)C1CCN(C#N)C1. The Hall–Kier alpha value is -2.32. The molecule has 1 saturated heterocycles. The van der Waals surface area contributed by atoms with E-state index in [0.717, 1.165) is 6.26 Å². The summed E-state index contributed by atoms with van der Waals surface area (Å²) in [5.41, 5.74) is 0.618. The fourth-order valence-electron chi connectivity index (χ4n) is 3.48. The molecule has 1 aliphatic rings. The average Bonchev–Trinajstić information content (AvgIpc) is 3.20. The molecular formula is C20H22ClN3O5S2. The van der Waals surface area contributed by atoms with Gasteiger partial charge in [-0.2, -0.15) is 9.57 Å². The average molecular weight is 484 g/mol. The number of sulfonamides is 1. The van der Waals surface area contributed by atoms with Crippen LogP contribution >= 0.6 is 11.6 Å². The number of nitriles is 1. The zero-order chi connectivity index (χ0) is 22.8. The van der Waals surface area contributed by atoms with Gasteiger partial charge in [-0.3, -0.25) is 0 Å². The minimum atomic E-state index is -4.05. The standard InChI is InChI=1S/C20H22ClN3O5S2/c1-29-19-8-5-16(21)11-20(19)31(27,28)24(17-9-10-23(13-17)14-22)12-15-3-6-18(7-4-15)30(2,25)26/h3-8,11,17H,9-10,12-13H2,1-2H3. The van der Waals surface area contributed by atoms with E-state index in [9.17, 15) is 22.1 Å². The fourth-order valence-corrected chi connectivity index (χ4v) is 6.16. The molecule has 1 aliphatic heterocycles. The van der Waals surface area contributed by atoms with Crippen molar-refractivity contribution in [2.45, 2.75) is 28.8 Å². The number of nitrogens with zero attached hydrogens (tertiary/aromatic N) is 3. The summed E-state index contributed by atoms with van der Waals surface area (Å²) >= 11 is 6.06. The topological polar surface area (TPSA) is 108 Å². The second kappa shape index (κ2) is 9.04. The van der Waals surface area contributed by atoms with Crippen LogP contribution in [0.4, 0.5) is 0 Å². The summed E-state index contributed by atoms with van der Waals surface area (Å²) in [5.74, 6) is 0.164. The lowest BCUT2D eigenvalue weighted by Crippen LogP contribution is -2.41. The molecule has 2 aromatic rings. The summed E-state index contributed by atoms with van der Waals surface area (Å²) in [6, 6.07) is 10.0. The maximum absolute atomic E-state index is 13.7. The Morgan fingerprint density at radius 1 is 1.19 bits per heavy atom. The van der Waals surface area contributed by atoms with Crippen molar-refractivity contribution in [3.8, 4) is 11.9 Å². The van der Waals surface area contributed by atoms with Crippen LogP contribution in [0.5, 0.6) is 5.75 Å². The van der Waals surface area contributed by atoms with E-state index in [-0.39, 0.29) is 33.7 Å². The highest BCUT2D eigenvalue weighted by atomic mass is 35.5. The number of sulfone groups is 1. The third-order valence-corrected chi connectivity index (χ3v) is 8.40. The smallest absolute Gasteiger partial charge is 0.247 e. The zero-order valence-electron chi connectivity index (χ0n) is 17.0. The Kier molecular flexibility index (Phi) is 6.81. The van der Waals surface area contributed by atoms with Crippen LogP contribution in [-0.2, 0) is 26.4 Å². The van der Waals surface area contributed by atoms with Crippen molar-refractivity contribution < 1.29 is 21.6 Å². The number of hydrogen-bond donors (Lipinski definition) is 0. The summed E-state index contributed by atoms with van der Waals surface area (Å²) in [7, 11) is -6.04. The Morgan fingerprint density at radius 2 is 1.87 bits per heavy atom. The molecule has 0 amide bonds. The normalized spacial score (nSPS) is 17.0. The molecule has 3 rings (SSSR count). The number of hydrogen-bond acceptors (Lipinski definition) is 7. The Bertz CT molecular complexity index is 1210. The van der Waals surface area contributed by atoms with Crippen molar-refractivity contribution in [2.75, 3.05) is 26.5 Å². The molecule has 0 bridgehead atoms. The van der Waals surface area contributed by atoms with E-state index < -0.39 is 25.9 Å². The van der Waals surface area contributed by atoms with Crippen LogP contribution in [0.25, 0.3) is 0 Å². The predicted octanol–water partition coefficient (Wildman–Crippen LogP) is 2.50. The van der Waals surface area contributed by atoms with Crippen LogP contribution in [0, 0.1) is 11.5 Å². The summed E-state index contributed by atoms with van der Waals surface area (Å²) in [5, 5.41) is 9.47. The van der Waals surface area contributed by atoms with E-state index in [2.05, 4.69) is 6.19 Å². The van der Waals surface area contributed by atoms with Gasteiger partial charge in [0.25, 0.3) is 0 Å². The van der Waals surface area contributed by atoms with E-state index >= 15 is 0 Å². The Morgan fingerprint density at radius 3 is 2.42 bits per heavy atom. The number of likely N-dealkylation sites (tertiary alicyclic amines) is 1. The first-order valence-electron chi connectivity index (χ1n) is 9.35. The third kappa shape index (κ3) is 5.13. The highest BCUT2D eigenvalue weighted by Crippen LogP contribution is 2.33. The van der Waals surface area contributed by atoms with Gasteiger partial charge >= 0.3 is 0 Å². The molecule has 2 aromatic carbocycles. The summed E-state index contributed by atoms with van der Waals surface area (Å²) in [4.78, 5) is 1.60. The lowest BCUT2D eigenvalue weighted by Gasteiger charge is -2.28. The maximum atomic E-state index is 13.7. The van der Waals surface area contributed by atoms with Crippen molar-refractivity contribution in [3.63, 3.8) is 0 Å². The zero-order valence-corrected chi connectivity index (χ0v) is 19.4. The number of halogens is 1. The second-order valence-corrected chi connectivity index (χ2v) is 11.6. The van der Waals surface area contributed by atoms with E-state index in [1.807, 2.05) is 0 Å². The molecule has 31 heavy (non-hydrogen) atoms. The fraction of sp³-hybridized carbons (Fsp3) is 0.350. The summed E-state index contributed by atoms with van der Waals surface area (Å²) < 4.78 is 57.4. The molecule has 0 aliphatic carbocycles. The largest absolute Gasteiger partial charge is 0.495 e. The predicted molar refractivity (Wildman–Crippen MR) is 116 cm³/mol. The molecule has 0 aromatic heterocycles. The minimum Gasteiger partial charge on any atom is -0.495 e. The molecule has 166 valence electrons. The highest BCUT2D eigenvalue weighted by molar-refractivity contribution is 7.90. The number of rotatable bonds is 7. The van der Waals surface area contributed by atoms with E-state index in [1.165, 1.54) is 40.6 Å². The first kappa shape index (κ1) is 23.3. The molecule has 1 fully saturated rings. The molecule has 0 saturated carbocycles. The molecule has 1 heterocycles. The minimum absolute atomic E-state index is 0.00593. The van der Waals surface area contributed by atoms with Crippen LogP contribution in [-0.4, -0.2) is 58.5 Å². The van der Waals surface area contributed by atoms with Crippen LogP contribution in [0.3, 0.4) is 0 Å². The van der Waals surface area contributed by atoms with Crippen molar-refractivity contribution >= 4 is 31.5 Å². The van der Waals surface area contributed by atoms with E-state index in [1.54, 1.807) is 18.2 Å². The summed E-state index contributed by atoms with van der Waals surface area (Å²) in [6.07, 6.45) is 3.65. The molecule has 0 radical (unpaired) electrons. The van der Waals surface area contributed by atoms with Crippen molar-refractivity contribution in [3.05, 3.63) is 53.1 Å². The molecule has 1 atom stereocenters. The van der Waals surface area contributed by atoms with Gasteiger partial charge in [0.1, 0.15) is 10.6 Å². The van der Waals surface area contributed by atoms with Crippen molar-refractivity contribution in [2.24, 2.45) is 0 Å². The lowest BCUT2D eigenvalue weighted by molar-refractivity contribution is 0.312. The van der Waals surface area contributed by atoms with Gasteiger partial charge in [-0.15, -0.1) is 0 Å². The van der Waals surface area contributed by atoms with Gasteiger partial charge in [0.05, 0.1) is 12.0 Å².